The Bertz CT molecular complexity index is 245. The van der Waals surface area contributed by atoms with Gasteiger partial charge in [-0.1, -0.05) is 0 Å². The largest absolute Gasteiger partial charge is 0.389 e. The number of aliphatic hydroxyl groups is 1. The maximum absolute atomic E-state index is 9.84. The zero-order valence-electron chi connectivity index (χ0n) is 12.6. The third-order valence-corrected chi connectivity index (χ3v) is 3.78. The van der Waals surface area contributed by atoms with E-state index in [1.807, 2.05) is 20.8 Å². The molecule has 0 aromatic rings. The van der Waals surface area contributed by atoms with Gasteiger partial charge in [-0.15, -0.1) is 0 Å². The monoisotopic (exact) mass is 258 g/mol. The van der Waals surface area contributed by atoms with Crippen molar-refractivity contribution >= 4 is 0 Å². The second kappa shape index (κ2) is 6.33. The topological polar surface area (TPSA) is 44.7 Å². The van der Waals surface area contributed by atoms with Crippen molar-refractivity contribution in [2.24, 2.45) is 0 Å². The molecule has 0 aromatic carbocycles. The van der Waals surface area contributed by atoms with E-state index in [2.05, 4.69) is 24.3 Å². The predicted octanol–water partition coefficient (Wildman–Crippen LogP) is 1.24. The molecule has 0 amide bonds. The summed E-state index contributed by atoms with van der Waals surface area (Å²) >= 11 is 0. The van der Waals surface area contributed by atoms with Crippen LogP contribution in [0.3, 0.4) is 0 Å². The minimum atomic E-state index is -0.427. The molecule has 1 atom stereocenters. The Labute approximate surface area is 112 Å². The molecule has 0 aromatic heterocycles. The molecule has 0 saturated heterocycles. The summed E-state index contributed by atoms with van der Waals surface area (Å²) in [5, 5.41) is 13.2. The summed E-state index contributed by atoms with van der Waals surface area (Å²) in [4.78, 5) is 2.31. The van der Waals surface area contributed by atoms with Gasteiger partial charge in [-0.05, 0) is 54.1 Å². The molecule has 4 heteroatoms. The number of rotatable bonds is 7. The molecular formula is C14H30N2O2. The summed E-state index contributed by atoms with van der Waals surface area (Å²) in [6.07, 6.45) is 3.39. The van der Waals surface area contributed by atoms with Crippen LogP contribution in [0.25, 0.3) is 0 Å². The third-order valence-electron chi connectivity index (χ3n) is 3.78. The van der Waals surface area contributed by atoms with Crippen LogP contribution in [-0.2, 0) is 4.74 Å². The number of nitrogens with zero attached hydrogens (tertiary/aromatic N) is 1. The molecule has 1 unspecified atom stereocenters. The lowest BCUT2D eigenvalue weighted by Crippen LogP contribution is -2.57. The first kappa shape index (κ1) is 15.9. The first-order chi connectivity index (χ1) is 8.25. The lowest BCUT2D eigenvalue weighted by molar-refractivity contribution is -0.0490. The number of ether oxygens (including phenoxy) is 1. The Morgan fingerprint density at radius 1 is 1.33 bits per heavy atom. The molecule has 0 aliphatic heterocycles. The molecule has 4 nitrogen and oxygen atoms in total. The summed E-state index contributed by atoms with van der Waals surface area (Å²) in [6.45, 7) is 7.96. The summed E-state index contributed by atoms with van der Waals surface area (Å²) in [5.74, 6) is 0. The van der Waals surface area contributed by atoms with Crippen LogP contribution in [0, 0.1) is 0 Å². The molecule has 0 bridgehead atoms. The molecule has 0 radical (unpaired) electrons. The first-order valence-electron chi connectivity index (χ1n) is 6.95. The summed E-state index contributed by atoms with van der Waals surface area (Å²) in [5.41, 5.74) is 0.129. The van der Waals surface area contributed by atoms with Crippen molar-refractivity contribution < 1.29 is 9.84 Å². The second-order valence-electron chi connectivity index (χ2n) is 6.68. The molecule has 1 fully saturated rings. The maximum atomic E-state index is 9.84. The van der Waals surface area contributed by atoms with Crippen molar-refractivity contribution in [1.29, 1.82) is 0 Å². The van der Waals surface area contributed by atoms with E-state index >= 15 is 0 Å². The fourth-order valence-electron chi connectivity index (χ4n) is 2.24. The Balaban J connectivity index is 2.17. The van der Waals surface area contributed by atoms with Crippen molar-refractivity contribution in [2.45, 2.75) is 57.3 Å². The summed E-state index contributed by atoms with van der Waals surface area (Å²) < 4.78 is 5.56. The molecule has 0 heterocycles. The highest BCUT2D eigenvalue weighted by Crippen LogP contribution is 2.35. The lowest BCUT2D eigenvalue weighted by atomic mass is 9.75. The lowest BCUT2D eigenvalue weighted by Gasteiger charge is -2.47. The van der Waals surface area contributed by atoms with Crippen LogP contribution in [0.4, 0.5) is 0 Å². The van der Waals surface area contributed by atoms with Gasteiger partial charge in [-0.3, -0.25) is 0 Å². The Morgan fingerprint density at radius 3 is 2.33 bits per heavy atom. The zero-order chi connectivity index (χ0) is 13.8. The van der Waals surface area contributed by atoms with Gasteiger partial charge in [0.1, 0.15) is 0 Å². The average molecular weight is 258 g/mol. The van der Waals surface area contributed by atoms with Crippen LogP contribution >= 0.6 is 0 Å². The van der Waals surface area contributed by atoms with E-state index in [1.165, 1.54) is 19.3 Å². The van der Waals surface area contributed by atoms with Crippen molar-refractivity contribution in [1.82, 2.24) is 10.2 Å². The van der Waals surface area contributed by atoms with Gasteiger partial charge in [0.2, 0.25) is 0 Å². The normalized spacial score (nSPS) is 20.8. The minimum Gasteiger partial charge on any atom is -0.389 e. The van der Waals surface area contributed by atoms with E-state index in [4.69, 9.17) is 4.74 Å². The molecule has 1 rings (SSSR count). The van der Waals surface area contributed by atoms with Crippen molar-refractivity contribution in [3.63, 3.8) is 0 Å². The van der Waals surface area contributed by atoms with Gasteiger partial charge in [0.15, 0.2) is 0 Å². The third kappa shape index (κ3) is 4.84. The number of hydrogen-bond donors (Lipinski definition) is 2. The van der Waals surface area contributed by atoms with Gasteiger partial charge in [-0.2, -0.15) is 0 Å². The highest BCUT2D eigenvalue weighted by molar-refractivity contribution is 4.97. The van der Waals surface area contributed by atoms with E-state index in [-0.39, 0.29) is 5.60 Å². The van der Waals surface area contributed by atoms with E-state index < -0.39 is 6.10 Å². The smallest absolute Gasteiger partial charge is 0.0897 e. The molecule has 0 spiro atoms. The fraction of sp³-hybridized carbons (Fsp3) is 1.00. The fourth-order valence-corrected chi connectivity index (χ4v) is 2.24. The average Bonchev–Trinajstić information content (AvgIpc) is 2.17. The molecule has 1 aliphatic rings. The van der Waals surface area contributed by atoms with Gasteiger partial charge in [-0.25, -0.2) is 0 Å². The van der Waals surface area contributed by atoms with E-state index in [0.717, 1.165) is 6.54 Å². The van der Waals surface area contributed by atoms with Gasteiger partial charge < -0.3 is 20.1 Å². The summed E-state index contributed by atoms with van der Waals surface area (Å²) in [6, 6.07) is 0. The maximum Gasteiger partial charge on any atom is 0.0897 e. The van der Waals surface area contributed by atoms with Crippen LogP contribution in [0.1, 0.15) is 40.0 Å². The molecule has 2 N–H and O–H groups in total. The SMILES string of the molecule is CN(C)C1(CNCC(O)COC(C)(C)C)CCC1. The van der Waals surface area contributed by atoms with Gasteiger partial charge >= 0.3 is 0 Å². The predicted molar refractivity (Wildman–Crippen MR) is 74.9 cm³/mol. The molecule has 1 aliphatic carbocycles. The quantitative estimate of drug-likeness (QED) is 0.721. The minimum absolute atomic E-state index is 0.181. The number of aliphatic hydroxyl groups excluding tert-OH is 1. The van der Waals surface area contributed by atoms with Crippen molar-refractivity contribution in [3.05, 3.63) is 0 Å². The van der Waals surface area contributed by atoms with Gasteiger partial charge in [0, 0.05) is 18.6 Å². The van der Waals surface area contributed by atoms with E-state index in [1.54, 1.807) is 0 Å². The first-order valence-corrected chi connectivity index (χ1v) is 6.95. The number of likely N-dealkylation sites (N-methyl/N-ethyl adjacent to an activating group) is 1. The molecule has 1 saturated carbocycles. The molecule has 108 valence electrons. The van der Waals surface area contributed by atoms with Crippen LogP contribution in [-0.4, -0.2) is 61.0 Å². The van der Waals surface area contributed by atoms with Crippen LogP contribution in [0.15, 0.2) is 0 Å². The molecular weight excluding hydrogens is 228 g/mol. The van der Waals surface area contributed by atoms with Gasteiger partial charge in [0.25, 0.3) is 0 Å². The van der Waals surface area contributed by atoms with Crippen LogP contribution in [0.2, 0.25) is 0 Å². The Morgan fingerprint density at radius 2 is 1.94 bits per heavy atom. The van der Waals surface area contributed by atoms with E-state index in [9.17, 15) is 5.11 Å². The zero-order valence-corrected chi connectivity index (χ0v) is 12.6. The van der Waals surface area contributed by atoms with Crippen molar-refractivity contribution in [2.75, 3.05) is 33.8 Å². The van der Waals surface area contributed by atoms with E-state index in [0.29, 0.717) is 18.7 Å². The highest BCUT2D eigenvalue weighted by Gasteiger charge is 2.38. The number of hydrogen-bond acceptors (Lipinski definition) is 4. The Hall–Kier alpha value is -0.160. The van der Waals surface area contributed by atoms with Crippen molar-refractivity contribution in [3.8, 4) is 0 Å². The number of nitrogens with one attached hydrogen (secondary N) is 1. The highest BCUT2D eigenvalue weighted by atomic mass is 16.5. The van der Waals surface area contributed by atoms with Crippen LogP contribution in [0.5, 0.6) is 0 Å². The standard InChI is InChI=1S/C14H30N2O2/c1-13(2,3)18-10-12(17)9-15-11-14(16(4)5)7-6-8-14/h12,15,17H,6-11H2,1-5H3. The van der Waals surface area contributed by atoms with Gasteiger partial charge in [0.05, 0.1) is 18.3 Å². The van der Waals surface area contributed by atoms with Crippen LogP contribution < -0.4 is 5.32 Å². The Kier molecular flexibility index (Phi) is 5.59. The molecule has 18 heavy (non-hydrogen) atoms. The second-order valence-corrected chi connectivity index (χ2v) is 6.68. The summed E-state index contributed by atoms with van der Waals surface area (Å²) in [7, 11) is 4.28.